The van der Waals surface area contributed by atoms with Crippen LogP contribution in [0.2, 0.25) is 0 Å². The Labute approximate surface area is 111 Å². The molecule has 0 aliphatic carbocycles. The molecule has 0 radical (unpaired) electrons. The SMILES string of the molecule is FC(F)(F)C(F)([Se]C(F)(C(F)(F)F)C(F)(F)F)C(F)(F)F. The molecule has 21 heavy (non-hydrogen) atoms. The van der Waals surface area contributed by atoms with Gasteiger partial charge in [0, 0.05) is 0 Å². The average Bonchev–Trinajstić information content (AvgIpc) is 2.09. The molecule has 0 saturated heterocycles. The van der Waals surface area contributed by atoms with E-state index >= 15 is 0 Å². The fraction of sp³-hybridized carbons (Fsp3) is 1.00. The van der Waals surface area contributed by atoms with Crippen molar-refractivity contribution in [3.63, 3.8) is 0 Å². The van der Waals surface area contributed by atoms with E-state index in [1.54, 1.807) is 0 Å². The van der Waals surface area contributed by atoms with E-state index in [4.69, 9.17) is 0 Å². The van der Waals surface area contributed by atoms with Crippen LogP contribution in [0.4, 0.5) is 61.5 Å². The molecule has 128 valence electrons. The molecule has 0 N–H and O–H groups in total. The Balaban J connectivity index is 6.15. The number of hydrogen-bond acceptors (Lipinski definition) is 0. The summed E-state index contributed by atoms with van der Waals surface area (Å²) in [6, 6.07) is 0. The topological polar surface area (TPSA) is 0 Å². The molecule has 0 amide bonds. The maximum absolute atomic E-state index is 12.9. The van der Waals surface area contributed by atoms with Crippen LogP contribution in [0.5, 0.6) is 0 Å². The Morgan fingerprint density at radius 2 is 0.476 bits per heavy atom. The van der Waals surface area contributed by atoms with E-state index in [1.807, 2.05) is 0 Å². The third-order valence-corrected chi connectivity index (χ3v) is 4.86. The van der Waals surface area contributed by atoms with Gasteiger partial charge >= 0.3 is 110 Å². The van der Waals surface area contributed by atoms with Crippen molar-refractivity contribution >= 4 is 15.0 Å². The molecule has 0 unspecified atom stereocenters. The van der Waals surface area contributed by atoms with Gasteiger partial charge in [0.05, 0.1) is 0 Å². The fourth-order valence-corrected chi connectivity index (χ4v) is 2.53. The van der Waals surface area contributed by atoms with Crippen molar-refractivity contribution in [2.24, 2.45) is 0 Å². The second-order valence-corrected chi connectivity index (χ2v) is 6.07. The molecule has 0 spiro atoms. The molecule has 0 aromatic carbocycles. The van der Waals surface area contributed by atoms with E-state index in [0.29, 0.717) is 0 Å². The summed E-state index contributed by atoms with van der Waals surface area (Å²) >= 11 is -5.31. The standard InChI is InChI=1S/C6F14Se/c7-1(3(9,10)11,4(12,13)14)21-2(8,5(15,16)17)6(18,19)20. The Kier molecular flexibility index (Phi) is 4.92. The van der Waals surface area contributed by atoms with E-state index in [0.717, 1.165) is 0 Å². The molecule has 0 atom stereocenters. The van der Waals surface area contributed by atoms with Gasteiger partial charge < -0.3 is 0 Å². The second kappa shape index (κ2) is 5.03. The summed E-state index contributed by atoms with van der Waals surface area (Å²) < 4.78 is 155. The molecule has 0 aromatic heterocycles. The zero-order valence-corrected chi connectivity index (χ0v) is 10.4. The summed E-state index contributed by atoms with van der Waals surface area (Å²) in [5, 5.41) is 0. The molecular formula is C6F14Se. The first kappa shape index (κ1) is 20.5. The fourth-order valence-electron chi connectivity index (χ4n) is 0.747. The summed E-state index contributed by atoms with van der Waals surface area (Å²) in [6.07, 6.45) is -28.9. The zero-order valence-electron chi connectivity index (χ0n) is 8.70. The van der Waals surface area contributed by atoms with E-state index in [9.17, 15) is 61.5 Å². The summed E-state index contributed by atoms with van der Waals surface area (Å²) in [5.41, 5.74) is 0. The number of alkyl halides is 14. The molecule has 0 heterocycles. The number of rotatable bonds is 2. The van der Waals surface area contributed by atoms with Gasteiger partial charge in [-0.25, -0.2) is 0 Å². The quantitative estimate of drug-likeness (QED) is 0.465. The molecule has 15 heteroatoms. The molecule has 0 aliphatic heterocycles. The van der Waals surface area contributed by atoms with E-state index in [1.165, 1.54) is 0 Å². The van der Waals surface area contributed by atoms with E-state index < -0.39 is 48.8 Å². The van der Waals surface area contributed by atoms with Gasteiger partial charge in [-0.1, -0.05) is 0 Å². The molecule has 0 saturated carbocycles. The van der Waals surface area contributed by atoms with Gasteiger partial charge in [0.1, 0.15) is 0 Å². The van der Waals surface area contributed by atoms with Crippen molar-refractivity contribution in [1.82, 2.24) is 0 Å². The van der Waals surface area contributed by atoms with Gasteiger partial charge in [0.25, 0.3) is 0 Å². The molecule has 0 aromatic rings. The van der Waals surface area contributed by atoms with E-state index in [2.05, 4.69) is 0 Å². The van der Waals surface area contributed by atoms with Crippen LogP contribution in [0.25, 0.3) is 0 Å². The van der Waals surface area contributed by atoms with Crippen LogP contribution in [-0.4, -0.2) is 48.8 Å². The van der Waals surface area contributed by atoms with Crippen molar-refractivity contribution < 1.29 is 61.5 Å². The van der Waals surface area contributed by atoms with Gasteiger partial charge in [-0.05, 0) is 0 Å². The van der Waals surface area contributed by atoms with Crippen molar-refractivity contribution in [3.8, 4) is 0 Å². The predicted octanol–water partition coefficient (Wildman–Crippen LogP) is 4.27. The average molecular weight is 417 g/mol. The van der Waals surface area contributed by atoms with Gasteiger partial charge in [-0.15, -0.1) is 0 Å². The van der Waals surface area contributed by atoms with Crippen molar-refractivity contribution in [2.75, 3.05) is 0 Å². The summed E-state index contributed by atoms with van der Waals surface area (Å²) in [5.74, 6) is 0. The van der Waals surface area contributed by atoms with Crippen molar-refractivity contribution in [1.29, 1.82) is 0 Å². The summed E-state index contributed by atoms with van der Waals surface area (Å²) in [7, 11) is 0. The third-order valence-electron chi connectivity index (χ3n) is 1.74. The molecule has 0 fully saturated rings. The Bertz CT molecular complexity index is 303. The maximum atomic E-state index is 12.9. The molecular weight excluding hydrogens is 417 g/mol. The normalized spacial score (nSPS) is 16.3. The van der Waals surface area contributed by atoms with Crippen LogP contribution in [0.15, 0.2) is 0 Å². The van der Waals surface area contributed by atoms with Crippen LogP contribution < -0.4 is 0 Å². The van der Waals surface area contributed by atoms with Gasteiger partial charge in [-0.3, -0.25) is 0 Å². The monoisotopic (exact) mass is 418 g/mol. The predicted molar refractivity (Wildman–Crippen MR) is 37.7 cm³/mol. The minimum absolute atomic E-state index is 5.31. The first-order chi connectivity index (χ1) is 8.71. The molecule has 0 rings (SSSR count). The first-order valence-corrected chi connectivity index (χ1v) is 5.77. The van der Waals surface area contributed by atoms with Crippen molar-refractivity contribution in [3.05, 3.63) is 0 Å². The number of hydrogen-bond donors (Lipinski definition) is 0. The van der Waals surface area contributed by atoms with Gasteiger partial charge in [0.15, 0.2) is 0 Å². The summed E-state index contributed by atoms with van der Waals surface area (Å²) in [6.45, 7) is 0. The van der Waals surface area contributed by atoms with Crippen LogP contribution in [0.3, 0.4) is 0 Å². The van der Waals surface area contributed by atoms with Gasteiger partial charge in [-0.2, -0.15) is 0 Å². The van der Waals surface area contributed by atoms with Crippen LogP contribution in [0, 0.1) is 0 Å². The van der Waals surface area contributed by atoms with Crippen LogP contribution >= 0.6 is 0 Å². The molecule has 0 nitrogen and oxygen atoms in total. The molecule has 0 aliphatic rings. The first-order valence-electron chi connectivity index (χ1n) is 4.05. The van der Waals surface area contributed by atoms with Crippen LogP contribution in [-0.2, 0) is 0 Å². The Morgan fingerprint density at radius 1 is 0.333 bits per heavy atom. The third kappa shape index (κ3) is 3.48. The Hall–Kier alpha value is -0.461. The van der Waals surface area contributed by atoms with Crippen LogP contribution in [0.1, 0.15) is 0 Å². The summed E-state index contributed by atoms with van der Waals surface area (Å²) in [4.78, 5) is 0. The molecule has 0 bridgehead atoms. The van der Waals surface area contributed by atoms with Crippen molar-refractivity contribution in [2.45, 2.75) is 33.8 Å². The van der Waals surface area contributed by atoms with E-state index in [-0.39, 0.29) is 0 Å². The van der Waals surface area contributed by atoms with Gasteiger partial charge in [0.2, 0.25) is 0 Å². The second-order valence-electron chi connectivity index (χ2n) is 3.28. The minimum atomic E-state index is -7.22. The zero-order chi connectivity index (χ0) is 17.7. The number of halogens is 14. The Morgan fingerprint density at radius 3 is 0.571 bits per heavy atom.